The fourth-order valence-corrected chi connectivity index (χ4v) is 3.89. The van der Waals surface area contributed by atoms with Crippen LogP contribution in [-0.2, 0) is 35.3 Å². The van der Waals surface area contributed by atoms with Gasteiger partial charge in [0.15, 0.2) is 0 Å². The second-order valence-corrected chi connectivity index (χ2v) is 10.6. The lowest BCUT2D eigenvalue weighted by Crippen LogP contribution is -2.51. The van der Waals surface area contributed by atoms with Crippen LogP contribution in [0.3, 0.4) is 0 Å². The summed E-state index contributed by atoms with van der Waals surface area (Å²) in [6.07, 6.45) is 1.26. The Labute approximate surface area is 242 Å². The zero-order chi connectivity index (χ0) is 31.1. The number of ketones is 1. The van der Waals surface area contributed by atoms with E-state index in [0.717, 1.165) is 12.8 Å². The van der Waals surface area contributed by atoms with Gasteiger partial charge < -0.3 is 26.0 Å². The number of nitrogens with one attached hydrogen (secondary N) is 4. The van der Waals surface area contributed by atoms with E-state index in [2.05, 4.69) is 21.3 Å². The van der Waals surface area contributed by atoms with Gasteiger partial charge in [0.1, 0.15) is 24.5 Å². The normalized spacial score (nSPS) is 12.2. The van der Waals surface area contributed by atoms with Crippen molar-refractivity contribution < 1.29 is 33.5 Å². The van der Waals surface area contributed by atoms with Crippen LogP contribution in [0.5, 0.6) is 0 Å². The molecule has 0 bridgehead atoms. The fourth-order valence-electron chi connectivity index (χ4n) is 3.89. The van der Waals surface area contributed by atoms with Crippen LogP contribution >= 0.6 is 0 Å². The average Bonchev–Trinajstić information content (AvgIpc) is 2.91. The van der Waals surface area contributed by atoms with Crippen molar-refractivity contribution in [2.45, 2.75) is 79.5 Å². The van der Waals surface area contributed by atoms with Crippen molar-refractivity contribution >= 4 is 41.2 Å². The summed E-state index contributed by atoms with van der Waals surface area (Å²) in [6, 6.07) is 5.04. The number of hydrogen-bond donors (Lipinski definition) is 4. The number of likely N-dealkylation sites (N-methyl/N-ethyl adjacent to an activating group) is 1. The highest BCUT2D eigenvalue weighted by Gasteiger charge is 2.31. The zero-order valence-electron chi connectivity index (χ0n) is 25.2. The highest BCUT2D eigenvalue weighted by Crippen LogP contribution is 2.14. The molecule has 12 heteroatoms. The number of benzene rings is 1. The van der Waals surface area contributed by atoms with E-state index in [1.165, 1.54) is 18.9 Å². The number of rotatable bonds is 16. The summed E-state index contributed by atoms with van der Waals surface area (Å²) in [5, 5.41) is 10.5. The molecule has 0 heterocycles. The topological polar surface area (TPSA) is 163 Å². The van der Waals surface area contributed by atoms with Gasteiger partial charge in [-0.05, 0) is 42.9 Å². The van der Waals surface area contributed by atoms with E-state index in [0.29, 0.717) is 17.7 Å². The molecule has 0 fully saturated rings. The van der Waals surface area contributed by atoms with E-state index in [1.54, 1.807) is 38.1 Å². The van der Waals surface area contributed by atoms with Gasteiger partial charge in [-0.25, -0.2) is 4.79 Å². The van der Waals surface area contributed by atoms with E-state index >= 15 is 0 Å². The minimum absolute atomic E-state index is 0.0616. The molecule has 228 valence electrons. The quantitative estimate of drug-likeness (QED) is 0.235. The highest BCUT2D eigenvalue weighted by atomic mass is 16.6. The number of Topliss-reactive ketones (excluding diaryl/α,β-unsaturated/α-hetero) is 1. The Morgan fingerprint density at radius 1 is 0.854 bits per heavy atom. The molecular formula is C29H45N5O7. The molecule has 1 aromatic carbocycles. The molecule has 0 saturated heterocycles. The molecule has 5 amide bonds. The molecule has 0 saturated carbocycles. The van der Waals surface area contributed by atoms with E-state index in [9.17, 15) is 28.8 Å². The molecule has 12 nitrogen and oxygen atoms in total. The number of anilines is 1. The predicted molar refractivity (Wildman–Crippen MR) is 155 cm³/mol. The van der Waals surface area contributed by atoms with Gasteiger partial charge in [-0.2, -0.15) is 0 Å². The van der Waals surface area contributed by atoms with Crippen molar-refractivity contribution in [3.63, 3.8) is 0 Å². The number of carbonyl (C=O) groups is 6. The summed E-state index contributed by atoms with van der Waals surface area (Å²) in [5.41, 5.74) is 1.13. The summed E-state index contributed by atoms with van der Waals surface area (Å²) in [5.74, 6) is -2.07. The molecule has 4 N–H and O–H groups in total. The molecule has 0 radical (unpaired) electrons. The van der Waals surface area contributed by atoms with Gasteiger partial charge in [0.05, 0.1) is 13.1 Å². The van der Waals surface area contributed by atoms with Crippen LogP contribution in [-0.4, -0.2) is 72.6 Å². The van der Waals surface area contributed by atoms with Crippen LogP contribution in [0.4, 0.5) is 10.5 Å². The second-order valence-electron chi connectivity index (χ2n) is 10.6. The lowest BCUT2D eigenvalue weighted by atomic mass is 10.0. The Bertz CT molecular complexity index is 1060. The predicted octanol–water partition coefficient (Wildman–Crippen LogP) is 2.37. The zero-order valence-corrected chi connectivity index (χ0v) is 25.2. The van der Waals surface area contributed by atoms with E-state index in [-0.39, 0.29) is 43.2 Å². The number of unbranched alkanes of at least 4 members (excludes halogenated alkanes) is 1. The smallest absolute Gasteiger partial charge is 0.410 e. The minimum atomic E-state index is -0.812. The molecule has 0 spiro atoms. The van der Waals surface area contributed by atoms with Crippen molar-refractivity contribution in [3.8, 4) is 0 Å². The van der Waals surface area contributed by atoms with E-state index in [4.69, 9.17) is 4.74 Å². The summed E-state index contributed by atoms with van der Waals surface area (Å²) < 4.78 is 5.35. The molecular weight excluding hydrogens is 530 g/mol. The summed E-state index contributed by atoms with van der Waals surface area (Å²) in [4.78, 5) is 74.4. The molecule has 2 atom stereocenters. The molecule has 0 aromatic heterocycles. The SMILES string of the molecule is CCCCC(=O)NC(C(=O)NCC(=O)Nc1ccc(COC(=O)N(C)C(C(=O)NCC(C)=O)C(C)C)cc1)C(C)C. The molecule has 0 aliphatic heterocycles. The first-order chi connectivity index (χ1) is 19.3. The Morgan fingerprint density at radius 3 is 2.00 bits per heavy atom. The van der Waals surface area contributed by atoms with Crippen LogP contribution < -0.4 is 21.3 Å². The maximum atomic E-state index is 12.6. The Morgan fingerprint density at radius 2 is 1.46 bits per heavy atom. The number of hydrogen-bond acceptors (Lipinski definition) is 7. The first-order valence-corrected chi connectivity index (χ1v) is 13.9. The summed E-state index contributed by atoms with van der Waals surface area (Å²) >= 11 is 0. The number of ether oxygens (including phenoxy) is 1. The maximum absolute atomic E-state index is 12.6. The highest BCUT2D eigenvalue weighted by molar-refractivity contribution is 5.96. The lowest BCUT2D eigenvalue weighted by Gasteiger charge is -2.29. The third-order valence-electron chi connectivity index (χ3n) is 6.16. The molecule has 1 rings (SSSR count). The monoisotopic (exact) mass is 575 g/mol. The van der Waals surface area contributed by atoms with Crippen molar-refractivity contribution in [2.75, 3.05) is 25.5 Å². The molecule has 1 aromatic rings. The fraction of sp³-hybridized carbons (Fsp3) is 0.586. The van der Waals surface area contributed by atoms with Crippen LogP contribution in [0.2, 0.25) is 0 Å². The number of amides is 5. The first kappa shape index (κ1) is 35.1. The molecule has 0 aliphatic rings. The van der Waals surface area contributed by atoms with Gasteiger partial charge in [-0.15, -0.1) is 0 Å². The van der Waals surface area contributed by atoms with Gasteiger partial charge >= 0.3 is 6.09 Å². The standard InChI is InChI=1S/C29H45N5O7/c1-8-9-10-23(36)33-25(18(2)3)27(38)31-16-24(37)32-22-13-11-21(12-14-22)17-41-29(40)34(7)26(19(4)5)28(39)30-15-20(6)35/h11-14,18-19,25-26H,8-10,15-17H2,1-7H3,(H,30,39)(H,31,38)(H,32,37)(H,33,36). The molecule has 2 unspecified atom stereocenters. The number of nitrogens with zero attached hydrogens (tertiary/aromatic N) is 1. The van der Waals surface area contributed by atoms with E-state index < -0.39 is 35.9 Å². The van der Waals surface area contributed by atoms with Crippen molar-refractivity contribution in [1.82, 2.24) is 20.9 Å². The van der Waals surface area contributed by atoms with Crippen LogP contribution in [0, 0.1) is 11.8 Å². The van der Waals surface area contributed by atoms with Gasteiger partial charge in [0, 0.05) is 19.2 Å². The van der Waals surface area contributed by atoms with Gasteiger partial charge in [-0.3, -0.25) is 28.9 Å². The number of carbonyl (C=O) groups excluding carboxylic acids is 6. The van der Waals surface area contributed by atoms with Gasteiger partial charge in [-0.1, -0.05) is 53.2 Å². The molecule has 41 heavy (non-hydrogen) atoms. The summed E-state index contributed by atoms with van der Waals surface area (Å²) in [7, 11) is 1.46. The van der Waals surface area contributed by atoms with Crippen molar-refractivity contribution in [2.24, 2.45) is 11.8 Å². The average molecular weight is 576 g/mol. The molecule has 0 aliphatic carbocycles. The van der Waals surface area contributed by atoms with Crippen LogP contribution in [0.1, 0.15) is 66.4 Å². The lowest BCUT2D eigenvalue weighted by molar-refractivity contribution is -0.130. The maximum Gasteiger partial charge on any atom is 0.410 e. The van der Waals surface area contributed by atoms with Gasteiger partial charge in [0.2, 0.25) is 23.6 Å². The van der Waals surface area contributed by atoms with Crippen LogP contribution in [0.25, 0.3) is 0 Å². The minimum Gasteiger partial charge on any atom is -0.445 e. The Hall–Kier alpha value is -3.96. The third-order valence-corrected chi connectivity index (χ3v) is 6.16. The Kier molecular flexibility index (Phi) is 15.1. The first-order valence-electron chi connectivity index (χ1n) is 13.9. The van der Waals surface area contributed by atoms with Crippen molar-refractivity contribution in [3.05, 3.63) is 29.8 Å². The Balaban J connectivity index is 2.60. The third kappa shape index (κ3) is 12.8. The summed E-state index contributed by atoms with van der Waals surface area (Å²) in [6.45, 7) is 10.1. The van der Waals surface area contributed by atoms with Gasteiger partial charge in [0.25, 0.3) is 0 Å². The van der Waals surface area contributed by atoms with Crippen LogP contribution in [0.15, 0.2) is 24.3 Å². The largest absolute Gasteiger partial charge is 0.445 e. The van der Waals surface area contributed by atoms with Crippen molar-refractivity contribution in [1.29, 1.82) is 0 Å². The second kappa shape index (κ2) is 17.7. The van der Waals surface area contributed by atoms with E-state index in [1.807, 2.05) is 20.8 Å².